The van der Waals surface area contributed by atoms with Gasteiger partial charge in [0.2, 0.25) is 0 Å². The van der Waals surface area contributed by atoms with E-state index in [0.717, 1.165) is 25.0 Å². The van der Waals surface area contributed by atoms with E-state index < -0.39 is 17.7 Å². The van der Waals surface area contributed by atoms with Crippen molar-refractivity contribution >= 4 is 17.6 Å². The Morgan fingerprint density at radius 3 is 2.79 bits per heavy atom. The standard InChI is InChI=1S/C13H15ClFNO3/c14-11-4-8(15)3-9(10(5-16)13(17)18)12(11)19-6-7-1-2-7/h3-4,7,10H,1-2,5-6,16H2,(H,17,18). The van der Waals surface area contributed by atoms with Gasteiger partial charge in [-0.05, 0) is 30.9 Å². The van der Waals surface area contributed by atoms with Crippen LogP contribution in [-0.2, 0) is 4.79 Å². The van der Waals surface area contributed by atoms with E-state index in [0.29, 0.717) is 12.5 Å². The van der Waals surface area contributed by atoms with Crippen molar-refractivity contribution in [3.05, 3.63) is 28.5 Å². The van der Waals surface area contributed by atoms with E-state index in [1.807, 2.05) is 0 Å². The van der Waals surface area contributed by atoms with Gasteiger partial charge in [0, 0.05) is 12.1 Å². The largest absolute Gasteiger partial charge is 0.491 e. The Morgan fingerprint density at radius 2 is 2.26 bits per heavy atom. The molecular formula is C13H15ClFNO3. The van der Waals surface area contributed by atoms with E-state index in [-0.39, 0.29) is 22.9 Å². The summed E-state index contributed by atoms with van der Waals surface area (Å²) in [6.45, 7) is 0.324. The molecule has 19 heavy (non-hydrogen) atoms. The van der Waals surface area contributed by atoms with Crippen LogP contribution in [0.15, 0.2) is 12.1 Å². The van der Waals surface area contributed by atoms with Crippen molar-refractivity contribution in [1.82, 2.24) is 0 Å². The molecule has 1 unspecified atom stereocenters. The molecule has 0 radical (unpaired) electrons. The predicted octanol–water partition coefficient (Wildman–Crippen LogP) is 2.39. The number of benzene rings is 1. The Morgan fingerprint density at radius 1 is 1.58 bits per heavy atom. The quantitative estimate of drug-likeness (QED) is 0.843. The third-order valence-electron chi connectivity index (χ3n) is 3.11. The summed E-state index contributed by atoms with van der Waals surface area (Å²) >= 11 is 5.95. The molecule has 1 aromatic carbocycles. The molecule has 0 heterocycles. The maximum absolute atomic E-state index is 13.4. The van der Waals surface area contributed by atoms with Crippen LogP contribution in [0.25, 0.3) is 0 Å². The average molecular weight is 288 g/mol. The summed E-state index contributed by atoms with van der Waals surface area (Å²) in [7, 11) is 0. The van der Waals surface area contributed by atoms with Gasteiger partial charge in [0.25, 0.3) is 0 Å². The van der Waals surface area contributed by atoms with E-state index in [2.05, 4.69) is 0 Å². The summed E-state index contributed by atoms with van der Waals surface area (Å²) in [6.07, 6.45) is 2.18. The minimum atomic E-state index is -1.12. The van der Waals surface area contributed by atoms with Crippen molar-refractivity contribution < 1.29 is 19.0 Å². The maximum Gasteiger partial charge on any atom is 0.312 e. The topological polar surface area (TPSA) is 72.6 Å². The first-order valence-electron chi connectivity index (χ1n) is 6.07. The molecule has 1 aliphatic carbocycles. The molecule has 0 spiro atoms. The van der Waals surface area contributed by atoms with E-state index in [1.165, 1.54) is 0 Å². The first kappa shape index (κ1) is 14.1. The van der Waals surface area contributed by atoms with Crippen LogP contribution in [-0.4, -0.2) is 24.2 Å². The normalized spacial score (nSPS) is 16.2. The minimum absolute atomic E-state index is 0.0790. The van der Waals surface area contributed by atoms with Crippen LogP contribution >= 0.6 is 11.6 Å². The fraction of sp³-hybridized carbons (Fsp3) is 0.462. The average Bonchev–Trinajstić information content (AvgIpc) is 3.12. The lowest BCUT2D eigenvalue weighted by Gasteiger charge is -2.17. The lowest BCUT2D eigenvalue weighted by atomic mass is 9.98. The smallest absolute Gasteiger partial charge is 0.312 e. The van der Waals surface area contributed by atoms with Gasteiger partial charge in [0.05, 0.1) is 17.5 Å². The van der Waals surface area contributed by atoms with Gasteiger partial charge in [-0.15, -0.1) is 0 Å². The van der Waals surface area contributed by atoms with Gasteiger partial charge in [0.15, 0.2) is 0 Å². The van der Waals surface area contributed by atoms with Gasteiger partial charge in [-0.25, -0.2) is 4.39 Å². The summed E-state index contributed by atoms with van der Waals surface area (Å²) in [5, 5.41) is 9.20. The van der Waals surface area contributed by atoms with Crippen molar-refractivity contribution in [1.29, 1.82) is 0 Å². The first-order chi connectivity index (χ1) is 9.02. The summed E-state index contributed by atoms with van der Waals surface area (Å²) in [5.41, 5.74) is 5.64. The number of carboxylic acids is 1. The lowest BCUT2D eigenvalue weighted by Crippen LogP contribution is -2.22. The third kappa shape index (κ3) is 3.36. The molecule has 0 aromatic heterocycles. The van der Waals surface area contributed by atoms with Crippen molar-refractivity contribution in [2.24, 2.45) is 11.7 Å². The maximum atomic E-state index is 13.4. The summed E-state index contributed by atoms with van der Waals surface area (Å²) in [4.78, 5) is 11.2. The third-order valence-corrected chi connectivity index (χ3v) is 3.39. The van der Waals surface area contributed by atoms with E-state index in [1.54, 1.807) is 0 Å². The Hall–Kier alpha value is -1.33. The fourth-order valence-corrected chi connectivity index (χ4v) is 2.11. The number of hydrogen-bond acceptors (Lipinski definition) is 3. The van der Waals surface area contributed by atoms with Gasteiger partial charge < -0.3 is 15.6 Å². The zero-order valence-electron chi connectivity index (χ0n) is 10.2. The highest BCUT2D eigenvalue weighted by molar-refractivity contribution is 6.32. The zero-order valence-corrected chi connectivity index (χ0v) is 11.0. The monoisotopic (exact) mass is 287 g/mol. The van der Waals surface area contributed by atoms with Crippen LogP contribution in [0.2, 0.25) is 5.02 Å². The summed E-state index contributed by atoms with van der Waals surface area (Å²) in [5.74, 6) is -2.04. The second-order valence-corrected chi connectivity index (χ2v) is 5.09. The molecule has 1 atom stereocenters. The van der Waals surface area contributed by atoms with Crippen molar-refractivity contribution in [3.63, 3.8) is 0 Å². The number of aliphatic carboxylic acids is 1. The molecule has 1 fully saturated rings. The zero-order chi connectivity index (χ0) is 14.0. The van der Waals surface area contributed by atoms with Crippen LogP contribution in [0.3, 0.4) is 0 Å². The molecular weight excluding hydrogens is 273 g/mol. The second kappa shape index (κ2) is 5.75. The SMILES string of the molecule is NCC(C(=O)O)c1cc(F)cc(Cl)c1OCC1CC1. The lowest BCUT2D eigenvalue weighted by molar-refractivity contribution is -0.138. The Labute approximate surface area is 115 Å². The molecule has 0 bridgehead atoms. The van der Waals surface area contributed by atoms with Crippen molar-refractivity contribution in [2.75, 3.05) is 13.2 Å². The molecule has 2 rings (SSSR count). The van der Waals surface area contributed by atoms with Crippen molar-refractivity contribution in [3.8, 4) is 5.75 Å². The number of rotatable bonds is 6. The van der Waals surface area contributed by atoms with Gasteiger partial charge in [0.1, 0.15) is 11.6 Å². The molecule has 1 saturated carbocycles. The Bertz CT molecular complexity index is 491. The van der Waals surface area contributed by atoms with Crippen LogP contribution in [0.5, 0.6) is 5.75 Å². The van der Waals surface area contributed by atoms with Crippen molar-refractivity contribution in [2.45, 2.75) is 18.8 Å². The number of hydrogen-bond donors (Lipinski definition) is 2. The molecule has 1 aliphatic rings. The predicted molar refractivity (Wildman–Crippen MR) is 69.1 cm³/mol. The first-order valence-corrected chi connectivity index (χ1v) is 6.45. The molecule has 4 nitrogen and oxygen atoms in total. The van der Waals surface area contributed by atoms with Gasteiger partial charge in [-0.2, -0.15) is 0 Å². The highest BCUT2D eigenvalue weighted by Crippen LogP contribution is 2.37. The molecule has 0 saturated heterocycles. The van der Waals surface area contributed by atoms with Crippen LogP contribution in [0.4, 0.5) is 4.39 Å². The van der Waals surface area contributed by atoms with E-state index in [9.17, 15) is 9.18 Å². The number of nitrogens with two attached hydrogens (primary N) is 1. The van der Waals surface area contributed by atoms with Crippen LogP contribution < -0.4 is 10.5 Å². The summed E-state index contributed by atoms with van der Waals surface area (Å²) in [6, 6.07) is 2.24. The molecule has 3 N–H and O–H groups in total. The van der Waals surface area contributed by atoms with Gasteiger partial charge in [-0.1, -0.05) is 11.6 Å². The number of ether oxygens (including phenoxy) is 1. The molecule has 0 aliphatic heterocycles. The van der Waals surface area contributed by atoms with Gasteiger partial charge in [-0.3, -0.25) is 4.79 Å². The highest BCUT2D eigenvalue weighted by atomic mass is 35.5. The number of halogens is 2. The molecule has 6 heteroatoms. The molecule has 104 valence electrons. The minimum Gasteiger partial charge on any atom is -0.491 e. The number of carbonyl (C=O) groups is 1. The van der Waals surface area contributed by atoms with Crippen LogP contribution in [0.1, 0.15) is 24.3 Å². The number of carboxylic acid groups (broad SMARTS) is 1. The molecule has 0 amide bonds. The highest BCUT2D eigenvalue weighted by Gasteiger charge is 2.27. The fourth-order valence-electron chi connectivity index (χ4n) is 1.84. The Kier molecular flexibility index (Phi) is 4.27. The molecule has 1 aromatic rings. The van der Waals surface area contributed by atoms with E-state index in [4.69, 9.17) is 27.2 Å². The summed E-state index contributed by atoms with van der Waals surface area (Å²) < 4.78 is 19.0. The second-order valence-electron chi connectivity index (χ2n) is 4.69. The van der Waals surface area contributed by atoms with Gasteiger partial charge >= 0.3 is 5.97 Å². The van der Waals surface area contributed by atoms with E-state index >= 15 is 0 Å². The Balaban J connectivity index is 2.33. The van der Waals surface area contributed by atoms with Crippen LogP contribution in [0, 0.1) is 11.7 Å².